The number of nitrogens with zero attached hydrogens (tertiary/aromatic N) is 3. The third-order valence-corrected chi connectivity index (χ3v) is 4.60. The molecule has 22 heavy (non-hydrogen) atoms. The van der Waals surface area contributed by atoms with Gasteiger partial charge < -0.3 is 9.47 Å². The molecule has 0 aliphatic carbocycles. The van der Waals surface area contributed by atoms with Gasteiger partial charge in [-0.1, -0.05) is 6.07 Å². The Morgan fingerprint density at radius 3 is 2.91 bits per heavy atom. The van der Waals surface area contributed by atoms with Gasteiger partial charge in [-0.15, -0.1) is 0 Å². The third kappa shape index (κ3) is 2.30. The zero-order valence-electron chi connectivity index (χ0n) is 12.4. The highest BCUT2D eigenvalue weighted by Gasteiger charge is 2.25. The largest absolute Gasteiger partial charge is 0.334 e. The van der Waals surface area contributed by atoms with Crippen molar-refractivity contribution in [1.82, 2.24) is 14.5 Å². The van der Waals surface area contributed by atoms with Crippen LogP contribution in [0.15, 0.2) is 24.4 Å². The topological polar surface area (TPSA) is 38.1 Å². The van der Waals surface area contributed by atoms with Gasteiger partial charge in [0, 0.05) is 32.3 Å². The predicted molar refractivity (Wildman–Crippen MR) is 80.0 cm³/mol. The van der Waals surface area contributed by atoms with Gasteiger partial charge in [0.1, 0.15) is 17.3 Å². The van der Waals surface area contributed by atoms with Crippen LogP contribution in [0.25, 0.3) is 0 Å². The number of halogens is 1. The van der Waals surface area contributed by atoms with Crippen molar-refractivity contribution in [2.45, 2.75) is 38.8 Å². The molecule has 0 saturated carbocycles. The molecule has 0 spiro atoms. The first-order chi connectivity index (χ1) is 10.7. The van der Waals surface area contributed by atoms with E-state index in [0.29, 0.717) is 25.2 Å². The number of fused-ring (bicyclic) bond motifs is 2. The molecular formula is C17H18FN3O. The van der Waals surface area contributed by atoms with Crippen molar-refractivity contribution in [3.8, 4) is 0 Å². The van der Waals surface area contributed by atoms with Gasteiger partial charge in [0.25, 0.3) is 5.91 Å². The summed E-state index contributed by atoms with van der Waals surface area (Å²) in [6.45, 7) is 2.12. The van der Waals surface area contributed by atoms with E-state index in [1.807, 2.05) is 11.1 Å². The van der Waals surface area contributed by atoms with Gasteiger partial charge in [0.2, 0.25) is 0 Å². The first-order valence-electron chi connectivity index (χ1n) is 7.83. The van der Waals surface area contributed by atoms with E-state index < -0.39 is 0 Å². The number of carbonyl (C=O) groups is 1. The fourth-order valence-corrected chi connectivity index (χ4v) is 3.37. The summed E-state index contributed by atoms with van der Waals surface area (Å²) in [5.74, 6) is 0.797. The molecule has 1 aromatic carbocycles. The molecule has 0 bridgehead atoms. The molecule has 4 rings (SSSR count). The van der Waals surface area contributed by atoms with Crippen molar-refractivity contribution in [3.05, 3.63) is 52.9 Å². The maximum atomic E-state index is 13.3. The average molecular weight is 299 g/mol. The molecule has 2 aromatic rings. The third-order valence-electron chi connectivity index (χ3n) is 4.60. The van der Waals surface area contributed by atoms with E-state index in [9.17, 15) is 9.18 Å². The molecule has 0 atom stereocenters. The van der Waals surface area contributed by atoms with Crippen LogP contribution < -0.4 is 0 Å². The van der Waals surface area contributed by atoms with Crippen LogP contribution in [0.2, 0.25) is 0 Å². The van der Waals surface area contributed by atoms with Crippen LogP contribution in [-0.2, 0) is 25.9 Å². The second-order valence-corrected chi connectivity index (χ2v) is 6.08. The van der Waals surface area contributed by atoms with Crippen LogP contribution in [0.3, 0.4) is 0 Å². The number of rotatable bonds is 1. The molecule has 0 unspecified atom stereocenters. The van der Waals surface area contributed by atoms with Gasteiger partial charge in [0.15, 0.2) is 0 Å². The fraction of sp³-hybridized carbons (Fsp3) is 0.412. The molecule has 114 valence electrons. The normalized spacial score (nSPS) is 17.0. The lowest BCUT2D eigenvalue weighted by molar-refractivity contribution is 0.0729. The van der Waals surface area contributed by atoms with E-state index in [2.05, 4.69) is 9.55 Å². The lowest BCUT2D eigenvalue weighted by Crippen LogP contribution is -2.36. The summed E-state index contributed by atoms with van der Waals surface area (Å²) < 4.78 is 15.4. The molecule has 1 amide bonds. The standard InChI is InChI=1S/C17H18FN3O/c18-14-5-4-13-10-21(8-6-12(13)9-14)17(22)15-11-20-7-2-1-3-16(20)19-15/h4-5,9,11H,1-3,6-8,10H2. The molecular weight excluding hydrogens is 281 g/mol. The number of benzene rings is 1. The second kappa shape index (κ2) is 5.23. The van der Waals surface area contributed by atoms with Crippen molar-refractivity contribution in [1.29, 1.82) is 0 Å². The second-order valence-electron chi connectivity index (χ2n) is 6.08. The van der Waals surface area contributed by atoms with Crippen molar-refractivity contribution >= 4 is 5.91 Å². The molecule has 5 heteroatoms. The summed E-state index contributed by atoms with van der Waals surface area (Å²) in [6.07, 6.45) is 5.84. The molecule has 3 heterocycles. The number of hydrogen-bond acceptors (Lipinski definition) is 2. The van der Waals surface area contributed by atoms with E-state index in [1.165, 1.54) is 6.07 Å². The smallest absolute Gasteiger partial charge is 0.274 e. The Kier molecular flexibility index (Phi) is 3.21. The van der Waals surface area contributed by atoms with E-state index in [1.54, 1.807) is 12.1 Å². The van der Waals surface area contributed by atoms with Crippen LogP contribution in [0.4, 0.5) is 4.39 Å². The zero-order chi connectivity index (χ0) is 15.1. The Hall–Kier alpha value is -2.17. The van der Waals surface area contributed by atoms with Crippen molar-refractivity contribution < 1.29 is 9.18 Å². The SMILES string of the molecule is O=C(c1cn2c(n1)CCCC2)N1CCc2cc(F)ccc2C1. The molecule has 0 N–H and O–H groups in total. The van der Waals surface area contributed by atoms with Crippen LogP contribution >= 0.6 is 0 Å². The fourth-order valence-electron chi connectivity index (χ4n) is 3.37. The zero-order valence-corrected chi connectivity index (χ0v) is 12.4. The van der Waals surface area contributed by atoms with Gasteiger partial charge in [-0.25, -0.2) is 9.37 Å². The monoisotopic (exact) mass is 299 g/mol. The van der Waals surface area contributed by atoms with Gasteiger partial charge in [-0.05, 0) is 42.5 Å². The lowest BCUT2D eigenvalue weighted by atomic mass is 9.99. The first-order valence-corrected chi connectivity index (χ1v) is 7.83. The van der Waals surface area contributed by atoms with Crippen LogP contribution in [0.1, 0.15) is 40.3 Å². The van der Waals surface area contributed by atoms with Crippen molar-refractivity contribution in [3.63, 3.8) is 0 Å². The maximum Gasteiger partial charge on any atom is 0.274 e. The minimum Gasteiger partial charge on any atom is -0.334 e. The van der Waals surface area contributed by atoms with E-state index >= 15 is 0 Å². The van der Waals surface area contributed by atoms with Crippen LogP contribution in [-0.4, -0.2) is 26.9 Å². The molecule has 0 radical (unpaired) electrons. The summed E-state index contributed by atoms with van der Waals surface area (Å²) in [4.78, 5) is 19.0. The van der Waals surface area contributed by atoms with E-state index in [0.717, 1.165) is 42.8 Å². The van der Waals surface area contributed by atoms with Gasteiger partial charge >= 0.3 is 0 Å². The minimum atomic E-state index is -0.208. The molecule has 0 saturated heterocycles. The molecule has 4 nitrogen and oxygen atoms in total. The first kappa shape index (κ1) is 13.5. The highest BCUT2D eigenvalue weighted by atomic mass is 19.1. The molecule has 2 aliphatic rings. The number of imidazole rings is 1. The van der Waals surface area contributed by atoms with Crippen LogP contribution in [0, 0.1) is 5.82 Å². The number of aromatic nitrogens is 2. The summed E-state index contributed by atoms with van der Waals surface area (Å²) in [6, 6.07) is 4.82. The van der Waals surface area contributed by atoms with Gasteiger partial charge in [0.05, 0.1) is 0 Å². The highest BCUT2D eigenvalue weighted by Crippen LogP contribution is 2.22. The molecule has 2 aliphatic heterocycles. The Bertz CT molecular complexity index is 714. The average Bonchev–Trinajstić information content (AvgIpc) is 2.97. The number of carbonyl (C=O) groups excluding carboxylic acids is 1. The lowest BCUT2D eigenvalue weighted by Gasteiger charge is -2.28. The van der Waals surface area contributed by atoms with Crippen molar-refractivity contribution in [2.75, 3.05) is 6.54 Å². The summed E-state index contributed by atoms with van der Waals surface area (Å²) in [5, 5.41) is 0. The summed E-state index contributed by atoms with van der Waals surface area (Å²) >= 11 is 0. The van der Waals surface area contributed by atoms with Gasteiger partial charge in [-0.3, -0.25) is 4.79 Å². The number of hydrogen-bond donors (Lipinski definition) is 0. The van der Waals surface area contributed by atoms with E-state index in [-0.39, 0.29) is 11.7 Å². The summed E-state index contributed by atoms with van der Waals surface area (Å²) in [5.41, 5.74) is 2.58. The van der Waals surface area contributed by atoms with Crippen LogP contribution in [0.5, 0.6) is 0 Å². The quantitative estimate of drug-likeness (QED) is 0.811. The number of amides is 1. The molecule has 0 fully saturated rings. The Balaban J connectivity index is 1.56. The number of aryl methyl sites for hydroxylation is 2. The summed E-state index contributed by atoms with van der Waals surface area (Å²) in [7, 11) is 0. The maximum absolute atomic E-state index is 13.3. The Morgan fingerprint density at radius 2 is 2.05 bits per heavy atom. The van der Waals surface area contributed by atoms with Crippen molar-refractivity contribution in [2.24, 2.45) is 0 Å². The minimum absolute atomic E-state index is 0.0168. The molecule has 1 aromatic heterocycles. The van der Waals surface area contributed by atoms with Gasteiger partial charge in [-0.2, -0.15) is 0 Å². The highest BCUT2D eigenvalue weighted by molar-refractivity contribution is 5.92. The van der Waals surface area contributed by atoms with E-state index in [4.69, 9.17) is 0 Å². The Labute approximate surface area is 128 Å². The predicted octanol–water partition coefficient (Wildman–Crippen LogP) is 2.56. The Morgan fingerprint density at radius 1 is 1.14 bits per heavy atom.